The summed E-state index contributed by atoms with van der Waals surface area (Å²) in [6, 6.07) is 10.9. The minimum Gasteiger partial charge on any atom is -0.322 e. The number of hydrogen-bond acceptors (Lipinski definition) is 5. The summed E-state index contributed by atoms with van der Waals surface area (Å²) in [5, 5.41) is 2.95. The van der Waals surface area contributed by atoms with Gasteiger partial charge in [0.25, 0.3) is 5.91 Å². The Bertz CT molecular complexity index is 1290. The van der Waals surface area contributed by atoms with Crippen LogP contribution in [-0.2, 0) is 9.59 Å². The van der Waals surface area contributed by atoms with Gasteiger partial charge in [-0.1, -0.05) is 39.8 Å². The molecule has 1 fully saturated rings. The fourth-order valence-corrected chi connectivity index (χ4v) is 5.89. The molecule has 0 radical (unpaired) electrons. The number of benzene rings is 1. The molecule has 0 bridgehead atoms. The van der Waals surface area contributed by atoms with E-state index < -0.39 is 5.92 Å². The lowest BCUT2D eigenvalue weighted by Crippen LogP contribution is -2.45. The number of amides is 1. The lowest BCUT2D eigenvalue weighted by Gasteiger charge is -2.44. The minimum atomic E-state index is -0.432. The molecule has 6 nitrogen and oxygen atoms in total. The minimum absolute atomic E-state index is 0.0768. The molecule has 2 aromatic rings. The van der Waals surface area contributed by atoms with Crippen molar-refractivity contribution in [3.05, 3.63) is 71.2 Å². The van der Waals surface area contributed by atoms with E-state index in [2.05, 4.69) is 38.0 Å². The molecule has 2 aliphatic carbocycles. The van der Waals surface area contributed by atoms with Crippen LogP contribution in [0.3, 0.4) is 0 Å². The van der Waals surface area contributed by atoms with Crippen molar-refractivity contribution in [1.29, 1.82) is 0 Å². The standard InChI is InChI=1S/C29H31N3O3/c1-28(2)13-20-25(22(33)15-28)24(26-21(32-20)14-29(3,4)16-23(26)34)18-6-5-7-19(12-18)31-27(35)17-8-10-30-11-9-17/h5-12,24-25H,13-16H2,1-4H3,(H,31,35). The Kier molecular flexibility index (Phi) is 5.58. The normalized spacial score (nSPS) is 24.9. The molecule has 1 N–H and O–H groups in total. The number of ketones is 2. The van der Waals surface area contributed by atoms with E-state index in [9.17, 15) is 14.4 Å². The van der Waals surface area contributed by atoms with Gasteiger partial charge < -0.3 is 5.32 Å². The molecule has 2 unspecified atom stereocenters. The molecule has 1 saturated carbocycles. The first-order chi connectivity index (χ1) is 16.5. The molecular formula is C29H31N3O3. The van der Waals surface area contributed by atoms with Crippen molar-refractivity contribution >= 4 is 28.9 Å². The molecular weight excluding hydrogens is 438 g/mol. The van der Waals surface area contributed by atoms with Gasteiger partial charge in [-0.2, -0.15) is 0 Å². The Labute approximate surface area is 205 Å². The summed E-state index contributed by atoms with van der Waals surface area (Å²) in [6.45, 7) is 8.41. The molecule has 0 spiro atoms. The van der Waals surface area contributed by atoms with Crippen LogP contribution >= 0.6 is 0 Å². The molecule has 5 rings (SSSR count). The molecule has 1 aliphatic heterocycles. The molecule has 3 aliphatic rings. The maximum atomic E-state index is 13.5. The van der Waals surface area contributed by atoms with E-state index >= 15 is 0 Å². The van der Waals surface area contributed by atoms with Crippen molar-refractivity contribution < 1.29 is 14.4 Å². The highest BCUT2D eigenvalue weighted by molar-refractivity contribution is 6.13. The monoisotopic (exact) mass is 469 g/mol. The number of aromatic nitrogens is 1. The van der Waals surface area contributed by atoms with Gasteiger partial charge in [0.2, 0.25) is 0 Å². The Morgan fingerprint density at radius 1 is 0.914 bits per heavy atom. The number of carbonyl (C=O) groups is 3. The van der Waals surface area contributed by atoms with Crippen molar-refractivity contribution in [3.63, 3.8) is 0 Å². The second kappa shape index (κ2) is 8.36. The highest BCUT2D eigenvalue weighted by atomic mass is 16.2. The zero-order chi connectivity index (χ0) is 25.0. The third-order valence-electron chi connectivity index (χ3n) is 7.28. The predicted octanol–water partition coefficient (Wildman–Crippen LogP) is 5.52. The number of rotatable bonds is 3. The lowest BCUT2D eigenvalue weighted by molar-refractivity contribution is -0.124. The van der Waals surface area contributed by atoms with Gasteiger partial charge in [-0.15, -0.1) is 0 Å². The number of allylic oxidation sites excluding steroid dienone is 2. The molecule has 35 heavy (non-hydrogen) atoms. The van der Waals surface area contributed by atoms with Crippen LogP contribution in [0.25, 0.3) is 0 Å². The van der Waals surface area contributed by atoms with Crippen LogP contribution in [0.1, 0.15) is 75.2 Å². The van der Waals surface area contributed by atoms with Gasteiger partial charge in [0, 0.05) is 59.4 Å². The molecule has 1 aromatic heterocycles. The predicted molar refractivity (Wildman–Crippen MR) is 135 cm³/mol. The second-order valence-corrected chi connectivity index (χ2v) is 11.7. The number of pyridine rings is 1. The Balaban J connectivity index is 1.57. The summed E-state index contributed by atoms with van der Waals surface area (Å²) in [6.07, 6.45) is 5.52. The summed E-state index contributed by atoms with van der Waals surface area (Å²) in [4.78, 5) is 48.6. The van der Waals surface area contributed by atoms with Crippen molar-refractivity contribution in [1.82, 2.24) is 4.98 Å². The first kappa shape index (κ1) is 23.3. The third kappa shape index (κ3) is 4.49. The molecule has 1 amide bonds. The van der Waals surface area contributed by atoms with Crippen molar-refractivity contribution in [2.45, 2.75) is 59.3 Å². The Morgan fingerprint density at radius 2 is 1.63 bits per heavy atom. The number of aliphatic imine (C=N–C) groups is 1. The zero-order valence-corrected chi connectivity index (χ0v) is 20.7. The number of nitrogens with zero attached hydrogens (tertiary/aromatic N) is 2. The average molecular weight is 470 g/mol. The molecule has 2 heterocycles. The van der Waals surface area contributed by atoms with Crippen LogP contribution < -0.4 is 5.32 Å². The number of anilines is 1. The van der Waals surface area contributed by atoms with Crippen molar-refractivity contribution in [3.8, 4) is 0 Å². The molecule has 180 valence electrons. The maximum Gasteiger partial charge on any atom is 0.255 e. The first-order valence-corrected chi connectivity index (χ1v) is 12.2. The van der Waals surface area contributed by atoms with Crippen molar-refractivity contribution in [2.24, 2.45) is 21.7 Å². The molecule has 2 atom stereocenters. The van der Waals surface area contributed by atoms with E-state index in [1.807, 2.05) is 24.3 Å². The molecule has 1 aromatic carbocycles. The van der Waals surface area contributed by atoms with Gasteiger partial charge in [0.05, 0.1) is 5.92 Å². The Hall–Kier alpha value is -3.41. The van der Waals surface area contributed by atoms with Gasteiger partial charge in [-0.05, 0) is 53.5 Å². The summed E-state index contributed by atoms with van der Waals surface area (Å²) >= 11 is 0. The van der Waals surface area contributed by atoms with E-state index in [-0.39, 0.29) is 34.2 Å². The smallest absolute Gasteiger partial charge is 0.255 e. The number of hydrogen-bond donors (Lipinski definition) is 1. The summed E-state index contributed by atoms with van der Waals surface area (Å²) in [5.74, 6) is -0.824. The van der Waals surface area contributed by atoms with Crippen LogP contribution in [0.15, 0.2) is 65.1 Å². The van der Waals surface area contributed by atoms with E-state index in [0.717, 1.165) is 23.4 Å². The van der Waals surface area contributed by atoms with Gasteiger partial charge in [-0.3, -0.25) is 24.4 Å². The third-order valence-corrected chi connectivity index (χ3v) is 7.28. The fourth-order valence-electron chi connectivity index (χ4n) is 5.89. The number of Topliss-reactive ketones (excluding diaryl/α,β-unsaturated/α-hetero) is 2. The van der Waals surface area contributed by atoms with Crippen LogP contribution in [-0.4, -0.2) is 28.2 Å². The van der Waals surface area contributed by atoms with Crippen molar-refractivity contribution in [2.75, 3.05) is 5.32 Å². The highest BCUT2D eigenvalue weighted by Crippen LogP contribution is 2.51. The van der Waals surface area contributed by atoms with Crippen LogP contribution in [0.5, 0.6) is 0 Å². The summed E-state index contributed by atoms with van der Waals surface area (Å²) in [7, 11) is 0. The first-order valence-electron chi connectivity index (χ1n) is 12.2. The Morgan fingerprint density at radius 3 is 2.37 bits per heavy atom. The number of fused-ring (bicyclic) bond motifs is 1. The second-order valence-electron chi connectivity index (χ2n) is 11.7. The maximum absolute atomic E-state index is 13.5. The van der Waals surface area contributed by atoms with Gasteiger partial charge >= 0.3 is 0 Å². The summed E-state index contributed by atoms with van der Waals surface area (Å²) < 4.78 is 0. The quantitative estimate of drug-likeness (QED) is 0.641. The van der Waals surface area contributed by atoms with Crippen LogP contribution in [0, 0.1) is 16.7 Å². The van der Waals surface area contributed by atoms with Gasteiger partial charge in [0.1, 0.15) is 5.78 Å². The topological polar surface area (TPSA) is 88.5 Å². The zero-order valence-electron chi connectivity index (χ0n) is 20.7. The highest BCUT2D eigenvalue weighted by Gasteiger charge is 2.49. The van der Waals surface area contributed by atoms with E-state index in [1.54, 1.807) is 24.5 Å². The largest absolute Gasteiger partial charge is 0.322 e. The molecule has 6 heteroatoms. The lowest BCUT2D eigenvalue weighted by atomic mass is 9.60. The molecule has 0 saturated heterocycles. The fraction of sp³-hybridized carbons (Fsp3) is 0.414. The summed E-state index contributed by atoms with van der Waals surface area (Å²) in [5.41, 5.74) is 4.10. The van der Waals surface area contributed by atoms with E-state index in [1.165, 1.54) is 0 Å². The van der Waals surface area contributed by atoms with Crippen LogP contribution in [0.4, 0.5) is 5.69 Å². The SMILES string of the molecule is CC1(C)CC(=O)C2C(=NC3=C(C(=O)CC(C)(C)C3)C2c2cccc(NC(=O)c3ccncc3)c2)C1. The van der Waals surface area contributed by atoms with E-state index in [0.29, 0.717) is 36.1 Å². The van der Waals surface area contributed by atoms with Gasteiger partial charge in [0.15, 0.2) is 5.78 Å². The average Bonchev–Trinajstić information content (AvgIpc) is 2.76. The number of nitrogens with one attached hydrogen (secondary N) is 1. The number of carbonyl (C=O) groups excluding carboxylic acids is 3. The van der Waals surface area contributed by atoms with Crippen LogP contribution in [0.2, 0.25) is 0 Å². The van der Waals surface area contributed by atoms with Gasteiger partial charge in [-0.25, -0.2) is 0 Å². The van der Waals surface area contributed by atoms with E-state index in [4.69, 9.17) is 4.99 Å².